The molecule has 6 heteroatoms. The quantitative estimate of drug-likeness (QED) is 0.294. The average molecular weight is 482 g/mol. The number of carboxylic acid groups (broad SMARTS) is 1. The van der Waals surface area contributed by atoms with Crippen LogP contribution in [-0.4, -0.2) is 18.2 Å². The van der Waals surface area contributed by atoms with Gasteiger partial charge in [-0.25, -0.2) is 4.79 Å². The van der Waals surface area contributed by atoms with Gasteiger partial charge in [0.15, 0.2) is 0 Å². The Kier molecular flexibility index (Phi) is 7.98. The number of ether oxygens (including phenoxy) is 1. The Bertz CT molecular complexity index is 1290. The number of methoxy groups -OCH3 is 1. The Morgan fingerprint density at radius 3 is 2.58 bits per heavy atom. The van der Waals surface area contributed by atoms with Gasteiger partial charge >= 0.3 is 5.97 Å². The molecule has 4 aromatic rings. The number of hydrogen-bond donors (Lipinski definition) is 2. The molecule has 0 aromatic heterocycles. The van der Waals surface area contributed by atoms with E-state index in [2.05, 4.69) is 42.6 Å². The normalized spacial score (nSPS) is 11.6. The zero-order valence-corrected chi connectivity index (χ0v) is 19.9. The van der Waals surface area contributed by atoms with Crippen molar-refractivity contribution in [3.8, 4) is 16.9 Å². The zero-order chi connectivity index (χ0) is 22.7. The molecule has 0 spiro atoms. The van der Waals surface area contributed by atoms with Crippen molar-refractivity contribution in [3.63, 3.8) is 0 Å². The summed E-state index contributed by atoms with van der Waals surface area (Å²) in [5.74, 6) is -0.202. The number of halogens is 2. The van der Waals surface area contributed by atoms with Crippen molar-refractivity contribution in [1.29, 1.82) is 0 Å². The van der Waals surface area contributed by atoms with Gasteiger partial charge < -0.3 is 15.2 Å². The molecular formula is C27H25Cl2NO3. The molecule has 33 heavy (non-hydrogen) atoms. The Labute approximate surface area is 204 Å². The minimum atomic E-state index is -1.04. The first kappa shape index (κ1) is 24.6. The van der Waals surface area contributed by atoms with Crippen LogP contribution in [0, 0.1) is 0 Å². The first-order valence-corrected chi connectivity index (χ1v) is 10.8. The van der Waals surface area contributed by atoms with Crippen LogP contribution in [0.4, 0.5) is 0 Å². The highest BCUT2D eigenvalue weighted by Crippen LogP contribution is 2.33. The fraction of sp³-hybridized carbons (Fsp3) is 0.148. The molecule has 4 nitrogen and oxygen atoms in total. The predicted molar refractivity (Wildman–Crippen MR) is 137 cm³/mol. The second-order valence-electron chi connectivity index (χ2n) is 7.74. The molecule has 0 amide bonds. The van der Waals surface area contributed by atoms with Crippen molar-refractivity contribution in [2.24, 2.45) is 0 Å². The van der Waals surface area contributed by atoms with Crippen molar-refractivity contribution >= 4 is 40.7 Å². The second-order valence-corrected chi connectivity index (χ2v) is 8.15. The van der Waals surface area contributed by atoms with Crippen LogP contribution in [0.25, 0.3) is 21.9 Å². The van der Waals surface area contributed by atoms with E-state index in [1.165, 1.54) is 0 Å². The third kappa shape index (κ3) is 5.48. The maximum atomic E-state index is 11.6. The van der Waals surface area contributed by atoms with Gasteiger partial charge in [-0.05, 0) is 76.3 Å². The van der Waals surface area contributed by atoms with E-state index in [1.54, 1.807) is 19.2 Å². The molecule has 0 saturated carbocycles. The Morgan fingerprint density at radius 1 is 1.03 bits per heavy atom. The van der Waals surface area contributed by atoms with Crippen molar-refractivity contribution in [2.75, 3.05) is 7.11 Å². The molecule has 170 valence electrons. The maximum Gasteiger partial charge on any atom is 0.337 e. The molecule has 2 N–H and O–H groups in total. The molecule has 0 bridgehead atoms. The van der Waals surface area contributed by atoms with E-state index in [0.29, 0.717) is 6.54 Å². The summed E-state index contributed by atoms with van der Waals surface area (Å²) in [5.41, 5.74) is 4.16. The van der Waals surface area contributed by atoms with E-state index < -0.39 is 5.97 Å². The van der Waals surface area contributed by atoms with Crippen molar-refractivity contribution < 1.29 is 14.6 Å². The topological polar surface area (TPSA) is 58.6 Å². The number of fused-ring (bicyclic) bond motifs is 1. The molecule has 1 atom stereocenters. The molecule has 0 saturated heterocycles. The molecule has 4 aromatic carbocycles. The summed E-state index contributed by atoms with van der Waals surface area (Å²) in [6.45, 7) is 2.78. The van der Waals surface area contributed by atoms with Crippen molar-refractivity contribution in [1.82, 2.24) is 5.32 Å². The van der Waals surface area contributed by atoms with Gasteiger partial charge in [-0.3, -0.25) is 0 Å². The van der Waals surface area contributed by atoms with Gasteiger partial charge in [0.1, 0.15) is 5.75 Å². The molecule has 0 unspecified atom stereocenters. The smallest absolute Gasteiger partial charge is 0.337 e. The van der Waals surface area contributed by atoms with E-state index in [4.69, 9.17) is 16.3 Å². The number of benzene rings is 4. The standard InChI is InChI=1S/C27H24ClNO3.ClH/c1-17(19-7-5-8-22(14-19)32-2)29-16-18-12-20-6-3-4-9-23(20)24(13-18)21-10-11-26(28)25(15-21)27(30)31;/h3-15,17,29H,16H2,1-2H3,(H,30,31);1H/t17-;/m1./s1. The van der Waals surface area contributed by atoms with Crippen molar-refractivity contribution in [2.45, 2.75) is 19.5 Å². The number of aromatic carboxylic acids is 1. The Hall–Kier alpha value is -3.05. The first-order chi connectivity index (χ1) is 15.5. The summed E-state index contributed by atoms with van der Waals surface area (Å²) >= 11 is 6.09. The molecule has 0 aliphatic heterocycles. The average Bonchev–Trinajstić information content (AvgIpc) is 2.82. The molecule has 0 aliphatic carbocycles. The van der Waals surface area contributed by atoms with Crippen LogP contribution in [0.3, 0.4) is 0 Å². The van der Waals surface area contributed by atoms with Crippen LogP contribution in [0.5, 0.6) is 5.75 Å². The molecule has 0 heterocycles. The monoisotopic (exact) mass is 481 g/mol. The van der Waals surface area contributed by atoms with Gasteiger partial charge in [0.25, 0.3) is 0 Å². The van der Waals surface area contributed by atoms with Gasteiger partial charge in [0.05, 0.1) is 17.7 Å². The second kappa shape index (κ2) is 10.7. The minimum Gasteiger partial charge on any atom is -0.497 e. The highest BCUT2D eigenvalue weighted by atomic mass is 35.5. The maximum absolute atomic E-state index is 11.6. The Morgan fingerprint density at radius 2 is 1.82 bits per heavy atom. The summed E-state index contributed by atoms with van der Waals surface area (Å²) in [6, 6.07) is 25.7. The summed E-state index contributed by atoms with van der Waals surface area (Å²) in [7, 11) is 1.67. The molecular weight excluding hydrogens is 457 g/mol. The van der Waals surface area contributed by atoms with Crippen molar-refractivity contribution in [3.05, 3.63) is 101 Å². The fourth-order valence-electron chi connectivity index (χ4n) is 3.87. The summed E-state index contributed by atoms with van der Waals surface area (Å²) < 4.78 is 5.34. The first-order valence-electron chi connectivity index (χ1n) is 10.4. The van der Waals surface area contributed by atoms with Crippen LogP contribution in [0.15, 0.2) is 78.9 Å². The fourth-order valence-corrected chi connectivity index (χ4v) is 4.07. The van der Waals surface area contributed by atoms with E-state index in [-0.39, 0.29) is 29.0 Å². The minimum absolute atomic E-state index is 0. The lowest BCUT2D eigenvalue weighted by atomic mass is 9.94. The van der Waals surface area contributed by atoms with Crippen LogP contribution in [-0.2, 0) is 6.54 Å². The molecule has 0 radical (unpaired) electrons. The highest BCUT2D eigenvalue weighted by Gasteiger charge is 2.13. The largest absolute Gasteiger partial charge is 0.497 e. The lowest BCUT2D eigenvalue weighted by molar-refractivity contribution is 0.0697. The van der Waals surface area contributed by atoms with E-state index >= 15 is 0 Å². The van der Waals surface area contributed by atoms with Crippen LogP contribution in [0.1, 0.15) is 34.5 Å². The van der Waals surface area contributed by atoms with Gasteiger partial charge in [-0.15, -0.1) is 12.4 Å². The van der Waals surface area contributed by atoms with Crippen LogP contribution >= 0.6 is 24.0 Å². The van der Waals surface area contributed by atoms with Gasteiger partial charge in [0, 0.05) is 12.6 Å². The summed E-state index contributed by atoms with van der Waals surface area (Å²) in [4.78, 5) is 11.6. The van der Waals surface area contributed by atoms with E-state index in [1.807, 2.05) is 36.4 Å². The highest BCUT2D eigenvalue weighted by molar-refractivity contribution is 6.33. The molecule has 4 rings (SSSR count). The van der Waals surface area contributed by atoms with E-state index in [0.717, 1.165) is 38.8 Å². The Balaban J connectivity index is 0.00000306. The number of hydrogen-bond acceptors (Lipinski definition) is 3. The third-order valence-electron chi connectivity index (χ3n) is 5.64. The third-order valence-corrected chi connectivity index (χ3v) is 5.97. The SMILES string of the molecule is COc1cccc([C@@H](C)NCc2cc(-c3ccc(Cl)c(C(=O)O)c3)c3ccccc3c2)c1.Cl. The lowest BCUT2D eigenvalue weighted by Gasteiger charge is -2.17. The number of nitrogens with one attached hydrogen (secondary N) is 1. The van der Waals surface area contributed by atoms with Crippen LogP contribution in [0.2, 0.25) is 5.02 Å². The number of rotatable bonds is 7. The zero-order valence-electron chi connectivity index (χ0n) is 18.3. The predicted octanol–water partition coefficient (Wildman–Crippen LogP) is 7.14. The number of carbonyl (C=O) groups is 1. The van der Waals surface area contributed by atoms with Crippen LogP contribution < -0.4 is 10.1 Å². The number of carboxylic acids is 1. The molecule has 0 fully saturated rings. The molecule has 0 aliphatic rings. The lowest BCUT2D eigenvalue weighted by Crippen LogP contribution is -2.18. The summed E-state index contributed by atoms with van der Waals surface area (Å²) in [5, 5.41) is 15.5. The van der Waals surface area contributed by atoms with Gasteiger partial charge in [0.2, 0.25) is 0 Å². The van der Waals surface area contributed by atoms with E-state index in [9.17, 15) is 9.90 Å². The van der Waals surface area contributed by atoms with Gasteiger partial charge in [-0.2, -0.15) is 0 Å². The summed E-state index contributed by atoms with van der Waals surface area (Å²) in [6.07, 6.45) is 0. The van der Waals surface area contributed by atoms with Gasteiger partial charge in [-0.1, -0.05) is 54.1 Å².